The Hall–Kier alpha value is -2.56. The Balaban J connectivity index is 2.40. The number of fused-ring (bicyclic) bond motifs is 1. The number of nitrogens with zero attached hydrogens (tertiary/aromatic N) is 2. The van der Waals surface area contributed by atoms with Gasteiger partial charge in [-0.15, -0.1) is 0 Å². The van der Waals surface area contributed by atoms with Crippen LogP contribution in [0.4, 0.5) is 26.3 Å². The summed E-state index contributed by atoms with van der Waals surface area (Å²) >= 11 is 0. The van der Waals surface area contributed by atoms with Gasteiger partial charge in [0.15, 0.2) is 17.5 Å². The number of hydrogen-bond donors (Lipinski definition) is 0. The van der Waals surface area contributed by atoms with Crippen LogP contribution in [-0.4, -0.2) is 23.1 Å². The van der Waals surface area contributed by atoms with Gasteiger partial charge in [-0.05, 0) is 25.1 Å². The standard InChI is InChI=1S/C16H10F6N2O2S/c1-2-27(25,26)24-14-7-12(19)11(18)6-13(14)23-15(24)8-3-4-10(17)9(5-8)16(20,21)22/h3-7H,2H2,1H3. The molecule has 27 heavy (non-hydrogen) atoms. The number of rotatable bonds is 3. The highest BCUT2D eigenvalue weighted by molar-refractivity contribution is 7.90. The third-order valence-electron chi connectivity index (χ3n) is 3.83. The van der Waals surface area contributed by atoms with E-state index in [1.165, 1.54) is 6.92 Å². The molecule has 0 aliphatic rings. The van der Waals surface area contributed by atoms with Gasteiger partial charge in [-0.3, -0.25) is 0 Å². The summed E-state index contributed by atoms with van der Waals surface area (Å²) in [5.74, 6) is -5.21. The molecule has 11 heteroatoms. The van der Waals surface area contributed by atoms with E-state index in [0.29, 0.717) is 28.2 Å². The van der Waals surface area contributed by atoms with Crippen molar-refractivity contribution in [3.05, 3.63) is 53.3 Å². The monoisotopic (exact) mass is 408 g/mol. The minimum atomic E-state index is -5.03. The maximum Gasteiger partial charge on any atom is 0.419 e. The second kappa shape index (κ2) is 6.25. The summed E-state index contributed by atoms with van der Waals surface area (Å²) in [6.45, 7) is 1.26. The van der Waals surface area contributed by atoms with Gasteiger partial charge in [0.2, 0.25) is 10.0 Å². The third-order valence-corrected chi connectivity index (χ3v) is 5.48. The Morgan fingerprint density at radius 1 is 1.00 bits per heavy atom. The summed E-state index contributed by atoms with van der Waals surface area (Å²) in [5.41, 5.74) is -2.62. The molecule has 4 nitrogen and oxygen atoms in total. The van der Waals surface area contributed by atoms with Crippen LogP contribution in [0, 0.1) is 17.5 Å². The van der Waals surface area contributed by atoms with Crippen LogP contribution < -0.4 is 0 Å². The van der Waals surface area contributed by atoms with Crippen LogP contribution in [0.25, 0.3) is 22.4 Å². The van der Waals surface area contributed by atoms with Gasteiger partial charge in [0.05, 0.1) is 22.3 Å². The molecule has 0 atom stereocenters. The van der Waals surface area contributed by atoms with Crippen LogP contribution in [0.2, 0.25) is 0 Å². The van der Waals surface area contributed by atoms with Crippen molar-refractivity contribution in [2.45, 2.75) is 13.1 Å². The molecule has 0 bridgehead atoms. The lowest BCUT2D eigenvalue weighted by atomic mass is 10.1. The highest BCUT2D eigenvalue weighted by atomic mass is 32.2. The van der Waals surface area contributed by atoms with Crippen LogP contribution in [0.1, 0.15) is 12.5 Å². The molecule has 0 saturated heterocycles. The van der Waals surface area contributed by atoms with Crippen molar-refractivity contribution in [3.63, 3.8) is 0 Å². The van der Waals surface area contributed by atoms with Gasteiger partial charge in [-0.2, -0.15) is 13.2 Å². The van der Waals surface area contributed by atoms with Crippen molar-refractivity contribution >= 4 is 21.1 Å². The highest BCUT2D eigenvalue weighted by Gasteiger charge is 2.35. The molecular formula is C16H10F6N2O2S. The molecule has 0 saturated carbocycles. The molecule has 144 valence electrons. The maximum atomic E-state index is 13.6. The fraction of sp³-hybridized carbons (Fsp3) is 0.188. The lowest BCUT2D eigenvalue weighted by Crippen LogP contribution is -2.16. The Morgan fingerprint density at radius 3 is 2.22 bits per heavy atom. The zero-order valence-corrected chi connectivity index (χ0v) is 14.3. The van der Waals surface area contributed by atoms with E-state index in [0.717, 1.165) is 6.07 Å². The number of hydrogen-bond acceptors (Lipinski definition) is 3. The largest absolute Gasteiger partial charge is 0.419 e. The smallest absolute Gasteiger partial charge is 0.227 e. The molecular weight excluding hydrogens is 398 g/mol. The summed E-state index contributed by atoms with van der Waals surface area (Å²) in [6.07, 6.45) is -5.03. The normalized spacial score (nSPS) is 12.7. The van der Waals surface area contributed by atoms with Gasteiger partial charge < -0.3 is 0 Å². The van der Waals surface area contributed by atoms with Crippen molar-refractivity contribution in [3.8, 4) is 11.4 Å². The summed E-state index contributed by atoms with van der Waals surface area (Å²) < 4.78 is 105. The van der Waals surface area contributed by atoms with Gasteiger partial charge >= 0.3 is 6.18 Å². The molecule has 3 aromatic rings. The number of imidazole rings is 1. The minimum absolute atomic E-state index is 0.279. The molecule has 0 radical (unpaired) electrons. The predicted octanol–water partition coefficient (Wildman–Crippen LogP) is 4.34. The van der Waals surface area contributed by atoms with E-state index in [2.05, 4.69) is 4.98 Å². The molecule has 0 fully saturated rings. The van der Waals surface area contributed by atoms with Crippen molar-refractivity contribution < 1.29 is 34.8 Å². The number of alkyl halides is 3. The van der Waals surface area contributed by atoms with E-state index in [4.69, 9.17) is 0 Å². The van der Waals surface area contributed by atoms with Gasteiger partial charge in [0.1, 0.15) is 5.82 Å². The molecule has 2 aromatic carbocycles. The number of benzene rings is 2. The average molecular weight is 408 g/mol. The number of aromatic nitrogens is 2. The highest BCUT2D eigenvalue weighted by Crippen LogP contribution is 2.35. The Labute approximate surface area is 149 Å². The van der Waals surface area contributed by atoms with E-state index >= 15 is 0 Å². The van der Waals surface area contributed by atoms with Crippen molar-refractivity contribution in [1.82, 2.24) is 8.96 Å². The fourth-order valence-electron chi connectivity index (χ4n) is 2.53. The van der Waals surface area contributed by atoms with Gasteiger partial charge in [0, 0.05) is 17.7 Å². The molecule has 0 N–H and O–H groups in total. The average Bonchev–Trinajstić information content (AvgIpc) is 2.93. The molecule has 0 spiro atoms. The van der Waals surface area contributed by atoms with E-state index in [-0.39, 0.29) is 16.6 Å². The second-order valence-electron chi connectivity index (χ2n) is 5.55. The van der Waals surface area contributed by atoms with Gasteiger partial charge in [-0.1, -0.05) is 0 Å². The molecule has 0 aliphatic carbocycles. The van der Waals surface area contributed by atoms with Crippen molar-refractivity contribution in [1.29, 1.82) is 0 Å². The van der Waals surface area contributed by atoms with Gasteiger partial charge in [-0.25, -0.2) is 30.5 Å². The first kappa shape index (κ1) is 19.2. The van der Waals surface area contributed by atoms with Crippen LogP contribution >= 0.6 is 0 Å². The van der Waals surface area contributed by atoms with Crippen LogP contribution in [0.5, 0.6) is 0 Å². The Morgan fingerprint density at radius 2 is 1.63 bits per heavy atom. The molecule has 1 aromatic heterocycles. The SMILES string of the molecule is CCS(=O)(=O)n1c(-c2ccc(F)c(C(F)(F)F)c2)nc2cc(F)c(F)cc21. The lowest BCUT2D eigenvalue weighted by Gasteiger charge is -2.12. The molecule has 3 rings (SSSR count). The van der Waals surface area contributed by atoms with Crippen molar-refractivity contribution in [2.24, 2.45) is 0 Å². The fourth-order valence-corrected chi connectivity index (χ4v) is 3.64. The summed E-state index contributed by atoms with van der Waals surface area (Å²) in [5, 5.41) is 0. The topological polar surface area (TPSA) is 52.0 Å². The molecule has 1 heterocycles. The maximum absolute atomic E-state index is 13.6. The zero-order valence-electron chi connectivity index (χ0n) is 13.5. The lowest BCUT2D eigenvalue weighted by molar-refractivity contribution is -0.139. The zero-order chi connectivity index (χ0) is 20.1. The molecule has 0 amide bonds. The quantitative estimate of drug-likeness (QED) is 0.606. The van der Waals surface area contributed by atoms with Crippen molar-refractivity contribution in [2.75, 3.05) is 5.75 Å². The number of halogens is 6. The summed E-state index contributed by atoms with van der Waals surface area (Å²) in [7, 11) is -4.16. The van der Waals surface area contributed by atoms with E-state index < -0.39 is 50.8 Å². The summed E-state index contributed by atoms with van der Waals surface area (Å²) in [4.78, 5) is 3.84. The minimum Gasteiger partial charge on any atom is -0.227 e. The van der Waals surface area contributed by atoms with Crippen LogP contribution in [0.15, 0.2) is 30.3 Å². The van der Waals surface area contributed by atoms with Crippen LogP contribution in [-0.2, 0) is 16.2 Å². The Kier molecular flexibility index (Phi) is 4.45. The Bertz CT molecular complexity index is 1150. The summed E-state index contributed by atoms with van der Waals surface area (Å²) in [6, 6.07) is 3.03. The first-order valence-electron chi connectivity index (χ1n) is 7.43. The van der Waals surface area contributed by atoms with Crippen LogP contribution in [0.3, 0.4) is 0 Å². The first-order valence-corrected chi connectivity index (χ1v) is 9.04. The third kappa shape index (κ3) is 3.27. The second-order valence-corrected chi connectivity index (χ2v) is 7.65. The molecule has 0 aliphatic heterocycles. The first-order chi connectivity index (χ1) is 12.5. The molecule has 0 unspecified atom stereocenters. The van der Waals surface area contributed by atoms with E-state index in [1.54, 1.807) is 0 Å². The predicted molar refractivity (Wildman–Crippen MR) is 84.9 cm³/mol. The van der Waals surface area contributed by atoms with E-state index in [1.807, 2.05) is 0 Å². The van der Waals surface area contributed by atoms with Gasteiger partial charge in [0.25, 0.3) is 0 Å². The van der Waals surface area contributed by atoms with E-state index in [9.17, 15) is 34.8 Å².